The highest BCUT2D eigenvalue weighted by atomic mass is 16.3. The zero-order valence-corrected chi connectivity index (χ0v) is 11.8. The fourth-order valence-electron chi connectivity index (χ4n) is 2.83. The second-order valence-corrected chi connectivity index (χ2v) is 5.60. The van der Waals surface area contributed by atoms with Crippen molar-refractivity contribution in [3.8, 4) is 11.3 Å². The Morgan fingerprint density at radius 2 is 2.05 bits per heavy atom. The van der Waals surface area contributed by atoms with Crippen LogP contribution in [0.15, 0.2) is 34.9 Å². The van der Waals surface area contributed by atoms with Crippen LogP contribution in [0.1, 0.15) is 31.6 Å². The standard InChI is InChI=1S/C16H21N3O/c1-11-18-16(10-20-11)12-5-7-14(8-6-12)19-15-4-2-3-13(17)9-15/h5-8,10,13,15,19H,2-4,9,17H2,1H3. The minimum Gasteiger partial charge on any atom is -0.449 e. The van der Waals surface area contributed by atoms with E-state index in [1.165, 1.54) is 12.8 Å². The summed E-state index contributed by atoms with van der Waals surface area (Å²) in [5, 5.41) is 3.57. The average Bonchev–Trinajstić information content (AvgIpc) is 2.86. The van der Waals surface area contributed by atoms with E-state index in [4.69, 9.17) is 10.2 Å². The summed E-state index contributed by atoms with van der Waals surface area (Å²) in [6, 6.07) is 9.18. The Morgan fingerprint density at radius 3 is 2.70 bits per heavy atom. The van der Waals surface area contributed by atoms with Crippen LogP contribution in [0.25, 0.3) is 11.3 Å². The highest BCUT2D eigenvalue weighted by Gasteiger charge is 2.18. The van der Waals surface area contributed by atoms with Gasteiger partial charge in [0.25, 0.3) is 0 Å². The number of hydrogen-bond donors (Lipinski definition) is 2. The van der Waals surface area contributed by atoms with Gasteiger partial charge in [0.15, 0.2) is 5.89 Å². The molecule has 1 aromatic carbocycles. The van der Waals surface area contributed by atoms with Crippen LogP contribution in [0, 0.1) is 6.92 Å². The Kier molecular flexibility index (Phi) is 3.74. The third-order valence-corrected chi connectivity index (χ3v) is 3.89. The number of rotatable bonds is 3. The number of aryl methyl sites for hydroxylation is 1. The highest BCUT2D eigenvalue weighted by Crippen LogP contribution is 2.24. The molecule has 0 radical (unpaired) electrons. The lowest BCUT2D eigenvalue weighted by atomic mass is 9.91. The molecule has 20 heavy (non-hydrogen) atoms. The molecule has 2 aromatic rings. The first-order valence-electron chi connectivity index (χ1n) is 7.25. The fraction of sp³-hybridized carbons (Fsp3) is 0.438. The van der Waals surface area contributed by atoms with E-state index in [0.717, 1.165) is 29.8 Å². The van der Waals surface area contributed by atoms with Gasteiger partial charge in [0, 0.05) is 30.3 Å². The van der Waals surface area contributed by atoms with Crippen LogP contribution in [0.3, 0.4) is 0 Å². The second kappa shape index (κ2) is 5.67. The molecule has 2 unspecified atom stereocenters. The Bertz CT molecular complexity index is 561. The maximum atomic E-state index is 6.02. The van der Waals surface area contributed by atoms with Gasteiger partial charge in [-0.3, -0.25) is 0 Å². The number of anilines is 1. The van der Waals surface area contributed by atoms with E-state index in [1.54, 1.807) is 6.26 Å². The molecule has 1 saturated carbocycles. The number of nitrogens with zero attached hydrogens (tertiary/aromatic N) is 1. The molecule has 0 aliphatic heterocycles. The van der Waals surface area contributed by atoms with Crippen LogP contribution in [0.5, 0.6) is 0 Å². The maximum absolute atomic E-state index is 6.02. The van der Waals surface area contributed by atoms with Crippen molar-refractivity contribution >= 4 is 5.69 Å². The van der Waals surface area contributed by atoms with Crippen molar-refractivity contribution < 1.29 is 4.42 Å². The van der Waals surface area contributed by atoms with Gasteiger partial charge in [-0.05, 0) is 37.8 Å². The lowest BCUT2D eigenvalue weighted by Gasteiger charge is -2.28. The van der Waals surface area contributed by atoms with E-state index in [2.05, 4.69) is 34.6 Å². The summed E-state index contributed by atoms with van der Waals surface area (Å²) >= 11 is 0. The lowest BCUT2D eigenvalue weighted by molar-refractivity contribution is 0.409. The molecule has 1 heterocycles. The summed E-state index contributed by atoms with van der Waals surface area (Å²) < 4.78 is 5.24. The molecule has 3 rings (SSSR count). The van der Waals surface area contributed by atoms with E-state index in [0.29, 0.717) is 18.0 Å². The number of benzene rings is 1. The zero-order chi connectivity index (χ0) is 13.9. The number of hydrogen-bond acceptors (Lipinski definition) is 4. The average molecular weight is 271 g/mol. The van der Waals surface area contributed by atoms with Gasteiger partial charge in [0.2, 0.25) is 0 Å². The first kappa shape index (κ1) is 13.2. The molecule has 0 spiro atoms. The first-order valence-corrected chi connectivity index (χ1v) is 7.25. The molecular weight excluding hydrogens is 250 g/mol. The monoisotopic (exact) mass is 271 g/mol. The summed E-state index contributed by atoms with van der Waals surface area (Å²) in [5.74, 6) is 0.693. The number of nitrogens with one attached hydrogen (secondary N) is 1. The molecule has 3 N–H and O–H groups in total. The van der Waals surface area contributed by atoms with Gasteiger partial charge in [0.05, 0.1) is 0 Å². The van der Waals surface area contributed by atoms with Crippen molar-refractivity contribution in [2.24, 2.45) is 5.73 Å². The molecule has 1 aliphatic carbocycles. The molecule has 4 heteroatoms. The van der Waals surface area contributed by atoms with Crippen molar-refractivity contribution in [2.75, 3.05) is 5.32 Å². The van der Waals surface area contributed by atoms with Crippen molar-refractivity contribution in [2.45, 2.75) is 44.7 Å². The Hall–Kier alpha value is -1.81. The summed E-state index contributed by atoms with van der Waals surface area (Å²) in [5.41, 5.74) is 9.13. The van der Waals surface area contributed by atoms with Gasteiger partial charge in [-0.25, -0.2) is 4.98 Å². The molecule has 1 aromatic heterocycles. The van der Waals surface area contributed by atoms with Crippen LogP contribution in [-0.4, -0.2) is 17.1 Å². The quantitative estimate of drug-likeness (QED) is 0.898. The van der Waals surface area contributed by atoms with E-state index in [1.807, 2.05) is 6.92 Å². The lowest BCUT2D eigenvalue weighted by Crippen LogP contribution is -2.34. The van der Waals surface area contributed by atoms with E-state index < -0.39 is 0 Å². The van der Waals surface area contributed by atoms with Crippen LogP contribution in [0.4, 0.5) is 5.69 Å². The van der Waals surface area contributed by atoms with Crippen LogP contribution in [-0.2, 0) is 0 Å². The molecule has 4 nitrogen and oxygen atoms in total. The Balaban J connectivity index is 1.67. The van der Waals surface area contributed by atoms with E-state index in [9.17, 15) is 0 Å². The molecule has 0 amide bonds. The van der Waals surface area contributed by atoms with Crippen molar-refractivity contribution in [3.63, 3.8) is 0 Å². The molecule has 1 fully saturated rings. The number of oxazole rings is 1. The second-order valence-electron chi connectivity index (χ2n) is 5.60. The minimum absolute atomic E-state index is 0.346. The smallest absolute Gasteiger partial charge is 0.191 e. The highest BCUT2D eigenvalue weighted by molar-refractivity contribution is 5.62. The third-order valence-electron chi connectivity index (χ3n) is 3.89. The van der Waals surface area contributed by atoms with Gasteiger partial charge < -0.3 is 15.5 Å². The number of aromatic nitrogens is 1. The van der Waals surface area contributed by atoms with Crippen LogP contribution < -0.4 is 11.1 Å². The third kappa shape index (κ3) is 3.02. The Morgan fingerprint density at radius 1 is 1.25 bits per heavy atom. The van der Waals surface area contributed by atoms with E-state index in [-0.39, 0.29) is 0 Å². The largest absolute Gasteiger partial charge is 0.449 e. The molecule has 1 aliphatic rings. The summed E-state index contributed by atoms with van der Waals surface area (Å²) in [6.07, 6.45) is 6.33. The van der Waals surface area contributed by atoms with Gasteiger partial charge in [-0.1, -0.05) is 12.1 Å². The predicted molar refractivity (Wildman–Crippen MR) is 80.5 cm³/mol. The summed E-state index contributed by atoms with van der Waals surface area (Å²) in [7, 11) is 0. The van der Waals surface area contributed by atoms with Gasteiger partial charge in [0.1, 0.15) is 12.0 Å². The van der Waals surface area contributed by atoms with E-state index >= 15 is 0 Å². The van der Waals surface area contributed by atoms with Crippen LogP contribution >= 0.6 is 0 Å². The van der Waals surface area contributed by atoms with Crippen LogP contribution in [0.2, 0.25) is 0 Å². The molecule has 0 saturated heterocycles. The first-order chi connectivity index (χ1) is 9.70. The number of nitrogens with two attached hydrogens (primary N) is 1. The Labute approximate surface area is 119 Å². The summed E-state index contributed by atoms with van der Waals surface area (Å²) in [6.45, 7) is 1.85. The molecule has 106 valence electrons. The van der Waals surface area contributed by atoms with Crippen molar-refractivity contribution in [1.82, 2.24) is 4.98 Å². The topological polar surface area (TPSA) is 64.1 Å². The normalized spacial score (nSPS) is 22.7. The van der Waals surface area contributed by atoms with Gasteiger partial charge >= 0.3 is 0 Å². The molecule has 0 bridgehead atoms. The maximum Gasteiger partial charge on any atom is 0.191 e. The zero-order valence-electron chi connectivity index (χ0n) is 11.8. The molecule has 2 atom stereocenters. The van der Waals surface area contributed by atoms with Gasteiger partial charge in [-0.15, -0.1) is 0 Å². The minimum atomic E-state index is 0.346. The van der Waals surface area contributed by atoms with Crippen molar-refractivity contribution in [3.05, 3.63) is 36.4 Å². The predicted octanol–water partition coefficient (Wildman–Crippen LogP) is 3.33. The van der Waals surface area contributed by atoms with Gasteiger partial charge in [-0.2, -0.15) is 0 Å². The fourth-order valence-corrected chi connectivity index (χ4v) is 2.83. The van der Waals surface area contributed by atoms with Crippen molar-refractivity contribution in [1.29, 1.82) is 0 Å². The summed E-state index contributed by atoms with van der Waals surface area (Å²) in [4.78, 5) is 4.33. The SMILES string of the molecule is Cc1nc(-c2ccc(NC3CCCC(N)C3)cc2)co1. The molecular formula is C16H21N3O.